The van der Waals surface area contributed by atoms with Crippen LogP contribution in [0.1, 0.15) is 0 Å². The summed E-state index contributed by atoms with van der Waals surface area (Å²) in [6.07, 6.45) is 1.23. The van der Waals surface area contributed by atoms with Crippen molar-refractivity contribution in [2.45, 2.75) is 6.54 Å². The zero-order valence-electron chi connectivity index (χ0n) is 6.17. The van der Waals surface area contributed by atoms with Gasteiger partial charge >= 0.3 is 5.82 Å². The molecule has 0 radical (unpaired) electrons. The molecule has 1 aromatic rings. The van der Waals surface area contributed by atoms with Crippen LogP contribution in [0.4, 0.5) is 11.6 Å². The predicted molar refractivity (Wildman–Crippen MR) is 40.4 cm³/mol. The van der Waals surface area contributed by atoms with Gasteiger partial charge in [0.25, 0.3) is 0 Å². The molecule has 1 rings (SSSR count). The lowest BCUT2D eigenvalue weighted by atomic mass is 10.6. The molecule has 1 heterocycles. The number of imidazole rings is 1. The topological polar surface area (TPSA) is 107 Å². The summed E-state index contributed by atoms with van der Waals surface area (Å²) in [5.41, 5.74) is 5.34. The molecular formula is C5H8N4O3. The molecule has 0 bridgehead atoms. The maximum absolute atomic E-state index is 10.2. The van der Waals surface area contributed by atoms with E-state index in [-0.39, 0.29) is 24.8 Å². The first-order valence-corrected chi connectivity index (χ1v) is 3.22. The van der Waals surface area contributed by atoms with Crippen LogP contribution in [0.2, 0.25) is 0 Å². The number of anilines is 1. The molecule has 0 spiro atoms. The summed E-state index contributed by atoms with van der Waals surface area (Å²) in [4.78, 5) is 13.0. The number of nitrogen functional groups attached to an aromatic ring is 1. The Bertz CT molecular complexity index is 295. The molecule has 7 heteroatoms. The third-order valence-electron chi connectivity index (χ3n) is 1.37. The number of hydrogen-bond donors (Lipinski definition) is 2. The average molecular weight is 172 g/mol. The molecule has 0 amide bonds. The van der Waals surface area contributed by atoms with Gasteiger partial charge in [0.2, 0.25) is 12.1 Å². The van der Waals surface area contributed by atoms with Gasteiger partial charge in [0, 0.05) is 0 Å². The lowest BCUT2D eigenvalue weighted by Crippen LogP contribution is -2.05. The van der Waals surface area contributed by atoms with Crippen LogP contribution in [-0.4, -0.2) is 26.2 Å². The van der Waals surface area contributed by atoms with Crippen LogP contribution in [0, 0.1) is 10.1 Å². The third kappa shape index (κ3) is 1.35. The lowest BCUT2D eigenvalue weighted by Gasteiger charge is -1.97. The highest BCUT2D eigenvalue weighted by Gasteiger charge is 2.17. The Kier molecular flexibility index (Phi) is 2.24. The van der Waals surface area contributed by atoms with Crippen LogP contribution in [0.15, 0.2) is 6.33 Å². The average Bonchev–Trinajstić information content (AvgIpc) is 2.34. The second-order valence-electron chi connectivity index (χ2n) is 2.13. The molecule has 0 aromatic carbocycles. The van der Waals surface area contributed by atoms with Gasteiger partial charge in [-0.15, -0.1) is 0 Å². The monoisotopic (exact) mass is 172 g/mol. The fourth-order valence-electron chi connectivity index (χ4n) is 0.808. The molecule has 1 aromatic heterocycles. The Morgan fingerprint density at radius 3 is 2.92 bits per heavy atom. The summed E-state index contributed by atoms with van der Waals surface area (Å²) in [5, 5.41) is 18.7. The minimum Gasteiger partial charge on any atom is -0.395 e. The van der Waals surface area contributed by atoms with E-state index >= 15 is 0 Å². The highest BCUT2D eigenvalue weighted by Crippen LogP contribution is 2.17. The Balaban J connectivity index is 2.96. The zero-order valence-corrected chi connectivity index (χ0v) is 6.17. The number of nitrogens with zero attached hydrogens (tertiary/aromatic N) is 3. The van der Waals surface area contributed by atoms with E-state index in [1.807, 2.05) is 0 Å². The molecule has 0 saturated heterocycles. The summed E-state index contributed by atoms with van der Waals surface area (Å²) in [7, 11) is 0. The van der Waals surface area contributed by atoms with Gasteiger partial charge in [-0.05, 0) is 9.91 Å². The van der Waals surface area contributed by atoms with Gasteiger partial charge in [0.15, 0.2) is 0 Å². The zero-order chi connectivity index (χ0) is 9.14. The number of nitro groups is 1. The van der Waals surface area contributed by atoms with E-state index in [1.165, 1.54) is 10.9 Å². The lowest BCUT2D eigenvalue weighted by molar-refractivity contribution is -0.388. The quantitative estimate of drug-likeness (QED) is 0.466. The van der Waals surface area contributed by atoms with Crippen molar-refractivity contribution in [1.29, 1.82) is 0 Å². The summed E-state index contributed by atoms with van der Waals surface area (Å²) >= 11 is 0. The van der Waals surface area contributed by atoms with Crippen molar-refractivity contribution >= 4 is 11.6 Å². The molecule has 3 N–H and O–H groups in total. The Morgan fingerprint density at radius 2 is 2.50 bits per heavy atom. The predicted octanol–water partition coefficient (Wildman–Crippen LogP) is -0.634. The Morgan fingerprint density at radius 1 is 1.83 bits per heavy atom. The number of aliphatic hydroxyl groups is 1. The van der Waals surface area contributed by atoms with Crippen LogP contribution < -0.4 is 5.73 Å². The summed E-state index contributed by atoms with van der Waals surface area (Å²) in [5.74, 6) is -0.405. The Labute approximate surface area is 67.6 Å². The minimum absolute atomic E-state index is 0.0333. The number of rotatable bonds is 3. The van der Waals surface area contributed by atoms with E-state index in [0.29, 0.717) is 0 Å². The van der Waals surface area contributed by atoms with Gasteiger partial charge in [0.05, 0.1) is 13.2 Å². The van der Waals surface area contributed by atoms with E-state index in [2.05, 4.69) is 4.98 Å². The van der Waals surface area contributed by atoms with Crippen LogP contribution in [-0.2, 0) is 6.54 Å². The highest BCUT2D eigenvalue weighted by atomic mass is 16.6. The smallest absolute Gasteiger partial charge is 0.395 e. The van der Waals surface area contributed by atoms with Crippen molar-refractivity contribution in [2.75, 3.05) is 12.3 Å². The highest BCUT2D eigenvalue weighted by molar-refractivity contribution is 5.47. The van der Waals surface area contributed by atoms with Crippen molar-refractivity contribution < 1.29 is 10.0 Å². The fourth-order valence-corrected chi connectivity index (χ4v) is 0.808. The third-order valence-corrected chi connectivity index (χ3v) is 1.37. The van der Waals surface area contributed by atoms with Gasteiger partial charge in [-0.1, -0.05) is 0 Å². The molecule has 0 aliphatic carbocycles. The van der Waals surface area contributed by atoms with Crippen molar-refractivity contribution in [3.05, 3.63) is 16.4 Å². The van der Waals surface area contributed by atoms with Crippen LogP contribution >= 0.6 is 0 Å². The van der Waals surface area contributed by atoms with Crippen LogP contribution in [0.5, 0.6) is 0 Å². The van der Waals surface area contributed by atoms with Gasteiger partial charge in [0.1, 0.15) is 0 Å². The van der Waals surface area contributed by atoms with Crippen molar-refractivity contribution in [3.8, 4) is 0 Å². The van der Waals surface area contributed by atoms with E-state index in [9.17, 15) is 10.1 Å². The fraction of sp³-hybridized carbons (Fsp3) is 0.400. The van der Waals surface area contributed by atoms with Crippen molar-refractivity contribution in [2.24, 2.45) is 0 Å². The van der Waals surface area contributed by atoms with Crippen molar-refractivity contribution in [3.63, 3.8) is 0 Å². The molecule has 12 heavy (non-hydrogen) atoms. The number of hydrogen-bond acceptors (Lipinski definition) is 5. The molecule has 0 saturated carbocycles. The standard InChI is InChI=1S/C5H8N4O3/c6-4-5(9(11)12)7-3-8(4)1-2-10/h3,10H,1-2,6H2. The summed E-state index contributed by atoms with van der Waals surface area (Å²) < 4.78 is 1.32. The number of nitrogens with two attached hydrogens (primary N) is 1. The SMILES string of the molecule is Nc1c([N+](=O)[O-])ncn1CCO. The van der Waals surface area contributed by atoms with E-state index in [4.69, 9.17) is 10.8 Å². The largest absolute Gasteiger partial charge is 0.406 e. The maximum atomic E-state index is 10.2. The van der Waals surface area contributed by atoms with Gasteiger partial charge < -0.3 is 21.0 Å². The Hall–Kier alpha value is -1.63. The maximum Gasteiger partial charge on any atom is 0.406 e. The molecule has 0 atom stereocenters. The molecule has 0 fully saturated rings. The normalized spacial score (nSPS) is 10.1. The summed E-state index contributed by atoms with van der Waals surface area (Å²) in [6.45, 7) is 0.0877. The van der Waals surface area contributed by atoms with Gasteiger partial charge in [-0.3, -0.25) is 4.57 Å². The van der Waals surface area contributed by atoms with E-state index in [1.54, 1.807) is 0 Å². The molecular weight excluding hydrogens is 164 g/mol. The minimum atomic E-state index is -0.663. The van der Waals surface area contributed by atoms with Gasteiger partial charge in [-0.25, -0.2) is 0 Å². The molecule has 7 nitrogen and oxygen atoms in total. The van der Waals surface area contributed by atoms with E-state index < -0.39 is 4.92 Å². The summed E-state index contributed by atoms with van der Waals surface area (Å²) in [6, 6.07) is 0. The van der Waals surface area contributed by atoms with E-state index in [0.717, 1.165) is 0 Å². The first-order valence-electron chi connectivity index (χ1n) is 3.22. The number of aliphatic hydroxyl groups excluding tert-OH is 1. The van der Waals surface area contributed by atoms with Crippen LogP contribution in [0.3, 0.4) is 0 Å². The second-order valence-corrected chi connectivity index (χ2v) is 2.13. The molecule has 0 aliphatic heterocycles. The molecule has 66 valence electrons. The molecule has 0 unspecified atom stereocenters. The van der Waals surface area contributed by atoms with Crippen molar-refractivity contribution in [1.82, 2.24) is 9.55 Å². The molecule has 0 aliphatic rings. The number of aromatic nitrogens is 2. The van der Waals surface area contributed by atoms with Crippen LogP contribution in [0.25, 0.3) is 0 Å². The second kappa shape index (κ2) is 3.18. The first kappa shape index (κ1) is 8.47. The first-order chi connectivity index (χ1) is 5.66. The van der Waals surface area contributed by atoms with Gasteiger partial charge in [-0.2, -0.15) is 0 Å².